The number of benzene rings is 1. The van der Waals surface area contributed by atoms with E-state index < -0.39 is 0 Å². The third-order valence-corrected chi connectivity index (χ3v) is 4.52. The first-order valence-corrected chi connectivity index (χ1v) is 8.58. The number of halogens is 1. The number of ether oxygens (including phenoxy) is 1. The van der Waals surface area contributed by atoms with Gasteiger partial charge in [0.15, 0.2) is 0 Å². The van der Waals surface area contributed by atoms with Crippen molar-refractivity contribution in [1.82, 2.24) is 10.1 Å². The molecule has 1 aliphatic heterocycles. The van der Waals surface area contributed by atoms with E-state index in [9.17, 15) is 0 Å². The summed E-state index contributed by atoms with van der Waals surface area (Å²) in [6.45, 7) is 2.00. The summed E-state index contributed by atoms with van der Waals surface area (Å²) in [7, 11) is 1.65. The van der Waals surface area contributed by atoms with Crippen LogP contribution in [-0.4, -0.2) is 21.3 Å². The highest BCUT2D eigenvalue weighted by molar-refractivity contribution is 14.2. The van der Waals surface area contributed by atoms with E-state index in [1.807, 2.05) is 25.1 Å². The van der Waals surface area contributed by atoms with Gasteiger partial charge in [-0.1, -0.05) is 32.0 Å². The quantitative estimate of drug-likeness (QED) is 0.762. The van der Waals surface area contributed by atoms with Crippen molar-refractivity contribution in [2.75, 3.05) is 7.11 Å². The molecule has 4 nitrogen and oxygen atoms in total. The van der Waals surface area contributed by atoms with Crippen molar-refractivity contribution in [2.45, 2.75) is 6.92 Å². The second-order valence-corrected chi connectivity index (χ2v) is 6.43. The first-order valence-electron chi connectivity index (χ1n) is 6.09. The van der Waals surface area contributed by atoms with Gasteiger partial charge in [-0.05, 0) is 44.9 Å². The van der Waals surface area contributed by atoms with Crippen LogP contribution in [0.15, 0.2) is 39.0 Å². The summed E-state index contributed by atoms with van der Waals surface area (Å²) < 4.78 is 15.0. The molecule has 0 unspecified atom stereocenters. The van der Waals surface area contributed by atoms with Gasteiger partial charge >= 0.3 is 0 Å². The molecule has 0 atom stereocenters. The van der Waals surface area contributed by atoms with Crippen LogP contribution >= 0.6 is 20.7 Å². The summed E-state index contributed by atoms with van der Waals surface area (Å²) in [5.74, 6) is 1.95. The summed E-state index contributed by atoms with van der Waals surface area (Å²) in [6, 6.07) is 5.85. The molecule has 0 amide bonds. The van der Waals surface area contributed by atoms with Crippen molar-refractivity contribution in [3.8, 4) is 17.2 Å². The summed E-state index contributed by atoms with van der Waals surface area (Å²) >= 11 is 0.0626. The molecule has 0 spiro atoms. The van der Waals surface area contributed by atoms with Gasteiger partial charge in [-0.25, -0.2) is 0 Å². The number of nitrogens with zero attached hydrogens (tertiary/aromatic N) is 2. The molecule has 1 aliphatic rings. The van der Waals surface area contributed by atoms with Gasteiger partial charge in [0.2, 0.25) is 5.82 Å². The van der Waals surface area contributed by atoms with Crippen LogP contribution in [0.4, 0.5) is 0 Å². The Morgan fingerprint density at radius 1 is 1.30 bits per heavy atom. The smallest absolute Gasteiger partial charge is 0.258 e. The highest BCUT2D eigenvalue weighted by atomic mass is 127. The zero-order valence-corrected chi connectivity index (χ0v) is 13.3. The molecule has 0 saturated heterocycles. The topological polar surface area (TPSA) is 48.2 Å². The number of methoxy groups -OCH3 is 1. The average molecular weight is 380 g/mol. The molecule has 2 aromatic rings. The van der Waals surface area contributed by atoms with E-state index in [1.165, 1.54) is 0 Å². The van der Waals surface area contributed by atoms with Gasteiger partial charge in [-0.15, -0.1) is 0 Å². The highest BCUT2D eigenvalue weighted by Gasteiger charge is 2.12. The fourth-order valence-corrected chi connectivity index (χ4v) is 3.30. The summed E-state index contributed by atoms with van der Waals surface area (Å²) in [5.41, 5.74) is 2.93. The molecule has 0 fully saturated rings. The minimum Gasteiger partial charge on any atom is -0.496 e. The minimum absolute atomic E-state index is 0.0626. The highest BCUT2D eigenvalue weighted by Crippen LogP contribution is 2.27. The normalized spacial score (nSPS) is 13.8. The van der Waals surface area contributed by atoms with E-state index >= 15 is 0 Å². The molecule has 3 rings (SSSR count). The zero-order chi connectivity index (χ0) is 13.9. The largest absolute Gasteiger partial charge is 0.496 e. The van der Waals surface area contributed by atoms with Crippen molar-refractivity contribution >= 4 is 30.3 Å². The minimum atomic E-state index is 0.0626. The average Bonchev–Trinajstić information content (AvgIpc) is 2.98. The molecule has 0 bridgehead atoms. The predicted molar refractivity (Wildman–Crippen MR) is 88.2 cm³/mol. The molecule has 5 heteroatoms. The van der Waals surface area contributed by atoms with Crippen LogP contribution in [0, 0.1) is 6.92 Å². The van der Waals surface area contributed by atoms with E-state index in [2.05, 4.69) is 30.4 Å². The molecule has 1 aromatic carbocycles. The Labute approximate surface area is 126 Å². The van der Waals surface area contributed by atoms with Crippen molar-refractivity contribution in [1.29, 1.82) is 0 Å². The lowest BCUT2D eigenvalue weighted by Gasteiger charge is -2.04. The Bertz CT molecular complexity index is 729. The molecule has 0 N–H and O–H groups in total. The van der Waals surface area contributed by atoms with Crippen LogP contribution in [0.3, 0.4) is 0 Å². The Hall–Kier alpha value is -1.76. The van der Waals surface area contributed by atoms with Gasteiger partial charge in [-0.2, -0.15) is 4.98 Å². The van der Waals surface area contributed by atoms with Crippen LogP contribution in [0.1, 0.15) is 11.4 Å². The molecular formula is C15H13IN2O2. The van der Waals surface area contributed by atoms with Crippen LogP contribution in [0.25, 0.3) is 17.0 Å². The van der Waals surface area contributed by atoms with Gasteiger partial charge < -0.3 is 9.26 Å². The predicted octanol–water partition coefficient (Wildman–Crippen LogP) is 3.74. The number of aryl methyl sites for hydroxylation is 1. The van der Waals surface area contributed by atoms with E-state index in [0.717, 1.165) is 22.4 Å². The molecule has 0 saturated carbocycles. The molecule has 102 valence electrons. The van der Waals surface area contributed by atoms with Gasteiger partial charge in [-0.3, -0.25) is 0 Å². The Balaban J connectivity index is 1.96. The fourth-order valence-electron chi connectivity index (χ4n) is 1.87. The lowest BCUT2D eigenvalue weighted by Crippen LogP contribution is -1.89. The molecule has 1 aromatic heterocycles. The van der Waals surface area contributed by atoms with Crippen molar-refractivity contribution in [3.63, 3.8) is 0 Å². The van der Waals surface area contributed by atoms with Crippen LogP contribution in [0.5, 0.6) is 5.75 Å². The third kappa shape index (κ3) is 2.58. The van der Waals surface area contributed by atoms with Crippen molar-refractivity contribution in [3.05, 3.63) is 45.8 Å². The van der Waals surface area contributed by atoms with E-state index in [0.29, 0.717) is 11.7 Å². The van der Waals surface area contributed by atoms with Gasteiger partial charge in [0.05, 0.1) is 7.11 Å². The van der Waals surface area contributed by atoms with Crippen LogP contribution in [0.2, 0.25) is 0 Å². The molecule has 20 heavy (non-hydrogen) atoms. The maximum Gasteiger partial charge on any atom is 0.258 e. The maximum atomic E-state index is 5.35. The van der Waals surface area contributed by atoms with E-state index in [4.69, 9.17) is 9.26 Å². The van der Waals surface area contributed by atoms with E-state index in [1.54, 1.807) is 7.11 Å². The van der Waals surface area contributed by atoms with Gasteiger partial charge in [0, 0.05) is 11.1 Å². The second-order valence-electron chi connectivity index (χ2n) is 4.27. The summed E-state index contributed by atoms with van der Waals surface area (Å²) in [6.07, 6.45) is 4.11. The Morgan fingerprint density at radius 2 is 2.20 bits per heavy atom. The van der Waals surface area contributed by atoms with Crippen LogP contribution in [-0.2, 0) is 0 Å². The van der Waals surface area contributed by atoms with Crippen molar-refractivity contribution < 1.29 is 9.26 Å². The third-order valence-electron chi connectivity index (χ3n) is 2.97. The number of aromatic nitrogens is 2. The Morgan fingerprint density at radius 3 is 2.95 bits per heavy atom. The SMILES string of the molecule is COc1cc(-c2nc(C3=CC=IC=C3)no2)ccc1C. The lowest BCUT2D eigenvalue weighted by atomic mass is 10.1. The summed E-state index contributed by atoms with van der Waals surface area (Å²) in [4.78, 5) is 4.45. The molecule has 0 radical (unpaired) electrons. The molecular weight excluding hydrogens is 367 g/mol. The fraction of sp³-hybridized carbons (Fsp3) is 0.133. The second kappa shape index (κ2) is 5.70. The number of hydrogen-bond donors (Lipinski definition) is 0. The van der Waals surface area contributed by atoms with E-state index in [-0.39, 0.29) is 20.7 Å². The van der Waals surface area contributed by atoms with Gasteiger partial charge in [0.1, 0.15) is 5.75 Å². The number of allylic oxidation sites excluding steroid dienone is 3. The summed E-state index contributed by atoms with van der Waals surface area (Å²) in [5, 5.41) is 4.04. The lowest BCUT2D eigenvalue weighted by molar-refractivity contribution is 0.410. The van der Waals surface area contributed by atoms with Gasteiger partial charge in [0.25, 0.3) is 5.89 Å². The number of hydrogen-bond acceptors (Lipinski definition) is 4. The first-order chi connectivity index (χ1) is 9.78. The first kappa shape index (κ1) is 13.2. The van der Waals surface area contributed by atoms with Crippen LogP contribution < -0.4 is 4.74 Å². The number of rotatable bonds is 3. The monoisotopic (exact) mass is 380 g/mol. The maximum absolute atomic E-state index is 5.35. The zero-order valence-electron chi connectivity index (χ0n) is 11.1. The van der Waals surface area contributed by atoms with Crippen molar-refractivity contribution in [2.24, 2.45) is 0 Å². The standard InChI is InChI=1S/C15H13IN2O2/c1-10-3-4-12(9-13(10)19-2)15-17-14(18-20-15)11-5-7-16-8-6-11/h3-9H,1-2H3. The molecule has 0 aliphatic carbocycles. The Kier molecular flexibility index (Phi) is 3.77. The molecule has 2 heterocycles.